The van der Waals surface area contributed by atoms with Crippen LogP contribution in [-0.4, -0.2) is 0 Å². The quantitative estimate of drug-likeness (QED) is 0.457. The summed E-state index contributed by atoms with van der Waals surface area (Å²) in [5, 5.41) is 0. The molecule has 0 radical (unpaired) electrons. The van der Waals surface area contributed by atoms with Crippen molar-refractivity contribution in [2.75, 3.05) is 0 Å². The highest BCUT2D eigenvalue weighted by Crippen LogP contribution is 2.50. The fraction of sp³-hybridized carbons (Fsp3) is 0.143. The number of hydrogen-bond donors (Lipinski definition) is 0. The van der Waals surface area contributed by atoms with Gasteiger partial charge in [-0.15, -0.1) is 0 Å². The van der Waals surface area contributed by atoms with Gasteiger partial charge in [0.15, 0.2) is 0 Å². The van der Waals surface area contributed by atoms with Crippen LogP contribution in [0.25, 0.3) is 22.3 Å². The summed E-state index contributed by atoms with van der Waals surface area (Å²) in [6.45, 7) is 4.52. The first-order chi connectivity index (χ1) is 11.0. The monoisotopic (exact) mass is 366 g/mol. The Morgan fingerprint density at radius 1 is 0.739 bits per heavy atom. The second-order valence-corrected chi connectivity index (χ2v) is 7.50. The summed E-state index contributed by atoms with van der Waals surface area (Å²) in [5.74, 6) is -0.201. The van der Waals surface area contributed by atoms with E-state index in [-0.39, 0.29) is 11.2 Å². The van der Waals surface area contributed by atoms with Crippen molar-refractivity contribution in [3.8, 4) is 22.3 Å². The van der Waals surface area contributed by atoms with Gasteiger partial charge in [0.2, 0.25) is 0 Å². The number of halogens is 2. The standard InChI is InChI=1S/C21H16BrF/c1-21(2)19-11-14(13-3-7-16(23)8-4-13)5-9-17(19)18-10-6-15(22)12-20(18)21/h3-12H,1-2H3. The van der Waals surface area contributed by atoms with Crippen LogP contribution in [0.15, 0.2) is 65.1 Å². The lowest BCUT2D eigenvalue weighted by Gasteiger charge is -2.22. The Bertz CT molecular complexity index is 908. The molecule has 0 N–H and O–H groups in total. The van der Waals surface area contributed by atoms with Crippen LogP contribution in [0, 0.1) is 5.82 Å². The van der Waals surface area contributed by atoms with Crippen LogP contribution in [0.5, 0.6) is 0 Å². The average molecular weight is 367 g/mol. The Hall–Kier alpha value is -1.93. The Morgan fingerprint density at radius 2 is 1.30 bits per heavy atom. The molecule has 4 rings (SSSR count). The molecule has 3 aromatic carbocycles. The molecule has 23 heavy (non-hydrogen) atoms. The van der Waals surface area contributed by atoms with E-state index in [1.54, 1.807) is 0 Å². The number of benzene rings is 3. The molecule has 0 aliphatic heterocycles. The molecule has 0 saturated heterocycles. The lowest BCUT2D eigenvalue weighted by Crippen LogP contribution is -2.15. The van der Waals surface area contributed by atoms with Crippen molar-refractivity contribution in [2.45, 2.75) is 19.3 Å². The largest absolute Gasteiger partial charge is 0.207 e. The van der Waals surface area contributed by atoms with Crippen LogP contribution in [0.3, 0.4) is 0 Å². The molecule has 0 unspecified atom stereocenters. The molecular weight excluding hydrogens is 351 g/mol. The summed E-state index contributed by atoms with van der Waals surface area (Å²) >= 11 is 3.58. The lowest BCUT2D eigenvalue weighted by molar-refractivity contribution is 0.628. The van der Waals surface area contributed by atoms with Gasteiger partial charge in [-0.05, 0) is 63.7 Å². The second kappa shape index (κ2) is 5.04. The number of hydrogen-bond acceptors (Lipinski definition) is 0. The molecule has 1 aliphatic carbocycles. The first-order valence-corrected chi connectivity index (χ1v) is 8.47. The van der Waals surface area contributed by atoms with Crippen LogP contribution in [0.2, 0.25) is 0 Å². The molecule has 0 nitrogen and oxygen atoms in total. The Balaban J connectivity index is 1.90. The van der Waals surface area contributed by atoms with Crippen LogP contribution < -0.4 is 0 Å². The van der Waals surface area contributed by atoms with Gasteiger partial charge in [-0.25, -0.2) is 4.39 Å². The van der Waals surface area contributed by atoms with Gasteiger partial charge in [-0.2, -0.15) is 0 Å². The van der Waals surface area contributed by atoms with E-state index < -0.39 is 0 Å². The molecule has 0 aromatic heterocycles. The summed E-state index contributed by atoms with van der Waals surface area (Å²) in [6.07, 6.45) is 0. The number of fused-ring (bicyclic) bond motifs is 3. The van der Waals surface area contributed by atoms with Gasteiger partial charge in [0.25, 0.3) is 0 Å². The fourth-order valence-corrected chi connectivity index (χ4v) is 3.89. The summed E-state index contributed by atoms with van der Waals surface area (Å²) in [6, 6.07) is 19.8. The fourth-order valence-electron chi connectivity index (χ4n) is 3.53. The topological polar surface area (TPSA) is 0 Å². The highest BCUT2D eigenvalue weighted by molar-refractivity contribution is 9.10. The van der Waals surface area contributed by atoms with Crippen LogP contribution >= 0.6 is 15.9 Å². The van der Waals surface area contributed by atoms with Crippen molar-refractivity contribution in [2.24, 2.45) is 0 Å². The maximum atomic E-state index is 13.2. The SMILES string of the molecule is CC1(C)c2cc(Br)ccc2-c2ccc(-c3ccc(F)cc3)cc21. The predicted molar refractivity (Wildman–Crippen MR) is 97.1 cm³/mol. The van der Waals surface area contributed by atoms with E-state index in [0.29, 0.717) is 0 Å². The lowest BCUT2D eigenvalue weighted by atomic mass is 9.81. The smallest absolute Gasteiger partial charge is 0.123 e. The van der Waals surface area contributed by atoms with Crippen LogP contribution in [0.1, 0.15) is 25.0 Å². The van der Waals surface area contributed by atoms with Gasteiger partial charge >= 0.3 is 0 Å². The van der Waals surface area contributed by atoms with E-state index in [4.69, 9.17) is 0 Å². The molecule has 0 heterocycles. The molecule has 2 heteroatoms. The normalized spacial score (nSPS) is 14.4. The van der Waals surface area contributed by atoms with E-state index >= 15 is 0 Å². The molecule has 0 saturated carbocycles. The molecule has 0 fully saturated rings. The molecule has 0 bridgehead atoms. The van der Waals surface area contributed by atoms with E-state index in [9.17, 15) is 4.39 Å². The third kappa shape index (κ3) is 2.24. The molecule has 3 aromatic rings. The third-order valence-corrected chi connectivity index (χ3v) is 5.31. The highest BCUT2D eigenvalue weighted by Gasteiger charge is 2.35. The molecule has 0 amide bonds. The first-order valence-electron chi connectivity index (χ1n) is 7.68. The minimum atomic E-state index is -0.201. The van der Waals surface area contributed by atoms with E-state index in [1.165, 1.54) is 34.4 Å². The maximum Gasteiger partial charge on any atom is 0.123 e. The predicted octanol–water partition coefficient (Wildman–Crippen LogP) is 6.56. The maximum absolute atomic E-state index is 13.2. The van der Waals surface area contributed by atoms with Crippen molar-refractivity contribution in [3.05, 3.63) is 82.1 Å². The van der Waals surface area contributed by atoms with Crippen molar-refractivity contribution in [1.82, 2.24) is 0 Å². The van der Waals surface area contributed by atoms with E-state index in [0.717, 1.165) is 15.6 Å². The Kier molecular flexibility index (Phi) is 3.21. The van der Waals surface area contributed by atoms with Crippen LogP contribution in [0.4, 0.5) is 4.39 Å². The minimum Gasteiger partial charge on any atom is -0.207 e. The van der Waals surface area contributed by atoms with Gasteiger partial charge in [0.1, 0.15) is 5.82 Å². The van der Waals surface area contributed by atoms with Gasteiger partial charge < -0.3 is 0 Å². The van der Waals surface area contributed by atoms with Gasteiger partial charge in [0.05, 0.1) is 0 Å². The molecular formula is C21H16BrF. The zero-order valence-electron chi connectivity index (χ0n) is 13.0. The Morgan fingerprint density at radius 3 is 2.00 bits per heavy atom. The van der Waals surface area contributed by atoms with Crippen molar-refractivity contribution < 1.29 is 4.39 Å². The zero-order chi connectivity index (χ0) is 16.2. The van der Waals surface area contributed by atoms with Gasteiger partial charge in [0, 0.05) is 9.89 Å². The van der Waals surface area contributed by atoms with E-state index in [1.807, 2.05) is 12.1 Å². The zero-order valence-corrected chi connectivity index (χ0v) is 14.6. The summed E-state index contributed by atoms with van der Waals surface area (Å²) in [7, 11) is 0. The third-order valence-electron chi connectivity index (χ3n) is 4.82. The molecule has 1 aliphatic rings. The summed E-state index contributed by atoms with van der Waals surface area (Å²) < 4.78 is 14.3. The first kappa shape index (κ1) is 14.6. The average Bonchev–Trinajstić information content (AvgIpc) is 2.76. The second-order valence-electron chi connectivity index (χ2n) is 6.58. The van der Waals surface area contributed by atoms with Crippen LogP contribution in [-0.2, 0) is 5.41 Å². The minimum absolute atomic E-state index is 0.0372. The Labute approximate surface area is 144 Å². The molecule has 0 spiro atoms. The number of rotatable bonds is 1. The van der Waals surface area contributed by atoms with Crippen molar-refractivity contribution >= 4 is 15.9 Å². The van der Waals surface area contributed by atoms with E-state index in [2.05, 4.69) is 66.2 Å². The van der Waals surface area contributed by atoms with Gasteiger partial charge in [-0.3, -0.25) is 0 Å². The molecule has 114 valence electrons. The van der Waals surface area contributed by atoms with Crippen molar-refractivity contribution in [1.29, 1.82) is 0 Å². The van der Waals surface area contributed by atoms with Crippen molar-refractivity contribution in [3.63, 3.8) is 0 Å². The highest BCUT2D eigenvalue weighted by atomic mass is 79.9. The molecule has 0 atom stereocenters. The van der Waals surface area contributed by atoms with Gasteiger partial charge in [-0.1, -0.05) is 60.1 Å². The summed E-state index contributed by atoms with van der Waals surface area (Å²) in [4.78, 5) is 0. The summed E-state index contributed by atoms with van der Waals surface area (Å²) in [5.41, 5.74) is 7.41.